The smallest absolute Gasteiger partial charge is 0.0701 e. The topological polar surface area (TPSA) is 15.3 Å². The number of nitrogens with zero attached hydrogens (tertiary/aromatic N) is 1. The summed E-state index contributed by atoms with van der Waals surface area (Å²) in [6.07, 6.45) is 0. The van der Waals surface area contributed by atoms with E-state index in [1.807, 2.05) is 11.3 Å². The first-order valence-corrected chi connectivity index (χ1v) is 8.86. The largest absolute Gasteiger partial charge is 0.312 e. The molecule has 2 aromatic rings. The number of halogens is 1. The summed E-state index contributed by atoms with van der Waals surface area (Å²) in [7, 11) is 2.18. The number of rotatable bonds is 7. The Balaban J connectivity index is 1.84. The average molecular weight is 359 g/mol. The summed E-state index contributed by atoms with van der Waals surface area (Å²) in [4.78, 5) is 5.21. The second-order valence-electron chi connectivity index (χ2n) is 4.58. The molecule has 1 N–H and O–H groups in total. The van der Waals surface area contributed by atoms with Crippen molar-refractivity contribution in [3.8, 4) is 0 Å². The van der Waals surface area contributed by atoms with Gasteiger partial charge in [0, 0.05) is 29.4 Å². The molecule has 2 nitrogen and oxygen atoms in total. The van der Waals surface area contributed by atoms with E-state index >= 15 is 0 Å². The Morgan fingerprint density at radius 2 is 2.05 bits per heavy atom. The maximum atomic E-state index is 3.51. The lowest BCUT2D eigenvalue weighted by atomic mass is 10.3. The van der Waals surface area contributed by atoms with Crippen LogP contribution >= 0.6 is 38.6 Å². The van der Waals surface area contributed by atoms with Crippen molar-refractivity contribution in [2.45, 2.75) is 26.6 Å². The van der Waals surface area contributed by atoms with Gasteiger partial charge in [-0.2, -0.15) is 0 Å². The highest BCUT2D eigenvalue weighted by Gasteiger charge is 2.06. The first-order chi connectivity index (χ1) is 9.17. The van der Waals surface area contributed by atoms with E-state index in [0.717, 1.165) is 26.2 Å². The third-order valence-electron chi connectivity index (χ3n) is 2.77. The van der Waals surface area contributed by atoms with Gasteiger partial charge in [0.2, 0.25) is 0 Å². The van der Waals surface area contributed by atoms with Crippen LogP contribution < -0.4 is 5.32 Å². The molecular formula is C14H19BrN2S2. The van der Waals surface area contributed by atoms with E-state index in [0.29, 0.717) is 0 Å². The molecule has 0 aliphatic rings. The van der Waals surface area contributed by atoms with Crippen molar-refractivity contribution in [3.63, 3.8) is 0 Å². The number of thiophene rings is 2. The Labute approximate surface area is 131 Å². The van der Waals surface area contributed by atoms with Gasteiger partial charge in [-0.05, 0) is 58.7 Å². The van der Waals surface area contributed by atoms with Crippen LogP contribution in [-0.2, 0) is 19.6 Å². The highest BCUT2D eigenvalue weighted by molar-refractivity contribution is 9.11. The Kier molecular flexibility index (Phi) is 6.04. The van der Waals surface area contributed by atoms with Crippen molar-refractivity contribution in [1.82, 2.24) is 10.2 Å². The SMILES string of the molecule is CCNCc1ccc(CN(C)Cc2csc(Br)c2)s1. The van der Waals surface area contributed by atoms with E-state index < -0.39 is 0 Å². The normalized spacial score (nSPS) is 11.4. The standard InChI is InChI=1S/C14H19BrN2S2/c1-3-16-7-12-4-5-13(19-12)9-17(2)8-11-6-14(15)18-10-11/h4-6,10,16H,3,7-9H2,1-2H3. The summed E-state index contributed by atoms with van der Waals surface area (Å²) in [6, 6.07) is 6.68. The number of nitrogens with one attached hydrogen (secondary N) is 1. The van der Waals surface area contributed by atoms with Crippen LogP contribution in [0.5, 0.6) is 0 Å². The van der Waals surface area contributed by atoms with Gasteiger partial charge >= 0.3 is 0 Å². The number of hydrogen-bond donors (Lipinski definition) is 1. The maximum absolute atomic E-state index is 3.51. The summed E-state index contributed by atoms with van der Waals surface area (Å²) >= 11 is 7.17. The van der Waals surface area contributed by atoms with Crippen molar-refractivity contribution in [1.29, 1.82) is 0 Å². The summed E-state index contributed by atoms with van der Waals surface area (Å²) in [5.74, 6) is 0. The fourth-order valence-electron chi connectivity index (χ4n) is 1.91. The van der Waals surface area contributed by atoms with E-state index in [1.54, 1.807) is 11.3 Å². The lowest BCUT2D eigenvalue weighted by Crippen LogP contribution is -2.16. The molecule has 0 aliphatic heterocycles. The molecule has 0 bridgehead atoms. The highest BCUT2D eigenvalue weighted by atomic mass is 79.9. The lowest BCUT2D eigenvalue weighted by Gasteiger charge is -2.14. The van der Waals surface area contributed by atoms with Gasteiger partial charge in [0.05, 0.1) is 3.79 Å². The molecule has 0 spiro atoms. The van der Waals surface area contributed by atoms with Crippen molar-refractivity contribution in [3.05, 3.63) is 42.7 Å². The van der Waals surface area contributed by atoms with Gasteiger partial charge in [0.1, 0.15) is 0 Å². The molecule has 104 valence electrons. The fourth-order valence-corrected chi connectivity index (χ4v) is 4.18. The molecule has 19 heavy (non-hydrogen) atoms. The van der Waals surface area contributed by atoms with Gasteiger partial charge < -0.3 is 5.32 Å². The van der Waals surface area contributed by atoms with E-state index in [-0.39, 0.29) is 0 Å². The lowest BCUT2D eigenvalue weighted by molar-refractivity contribution is 0.322. The quantitative estimate of drug-likeness (QED) is 0.792. The van der Waals surface area contributed by atoms with Crippen molar-refractivity contribution in [2.24, 2.45) is 0 Å². The minimum atomic E-state index is 0.988. The summed E-state index contributed by atoms with van der Waals surface area (Å²) in [5, 5.41) is 5.58. The summed E-state index contributed by atoms with van der Waals surface area (Å²) in [5.41, 5.74) is 1.38. The van der Waals surface area contributed by atoms with Gasteiger partial charge in [-0.15, -0.1) is 22.7 Å². The molecule has 0 unspecified atom stereocenters. The van der Waals surface area contributed by atoms with Crippen LogP contribution in [0.2, 0.25) is 0 Å². The van der Waals surface area contributed by atoms with Gasteiger partial charge in [-0.25, -0.2) is 0 Å². The van der Waals surface area contributed by atoms with E-state index in [2.05, 4.69) is 63.7 Å². The molecule has 0 aliphatic carbocycles. The zero-order chi connectivity index (χ0) is 13.7. The minimum Gasteiger partial charge on any atom is -0.312 e. The molecule has 0 fully saturated rings. The zero-order valence-electron chi connectivity index (χ0n) is 11.3. The first-order valence-electron chi connectivity index (χ1n) is 6.37. The minimum absolute atomic E-state index is 0.988. The van der Waals surface area contributed by atoms with Crippen LogP contribution in [0.25, 0.3) is 0 Å². The van der Waals surface area contributed by atoms with Crippen LogP contribution in [0.1, 0.15) is 22.2 Å². The van der Waals surface area contributed by atoms with E-state index in [4.69, 9.17) is 0 Å². The van der Waals surface area contributed by atoms with Crippen molar-refractivity contribution >= 4 is 38.6 Å². The van der Waals surface area contributed by atoms with Crippen LogP contribution in [0.4, 0.5) is 0 Å². The molecule has 5 heteroatoms. The highest BCUT2D eigenvalue weighted by Crippen LogP contribution is 2.23. The molecule has 0 amide bonds. The average Bonchev–Trinajstić information content (AvgIpc) is 2.96. The summed E-state index contributed by atoms with van der Waals surface area (Å²) in [6.45, 7) is 6.18. The molecule has 0 saturated heterocycles. The predicted octanol–water partition coefficient (Wildman–Crippen LogP) is 4.31. The Morgan fingerprint density at radius 3 is 2.74 bits per heavy atom. The Hall–Kier alpha value is -0.200. The van der Waals surface area contributed by atoms with Crippen LogP contribution in [-0.4, -0.2) is 18.5 Å². The second-order valence-corrected chi connectivity index (χ2v) is 8.12. The third kappa shape index (κ3) is 5.00. The molecule has 0 atom stereocenters. The Morgan fingerprint density at radius 1 is 1.26 bits per heavy atom. The zero-order valence-corrected chi connectivity index (χ0v) is 14.5. The van der Waals surface area contributed by atoms with Gasteiger partial charge in [0.15, 0.2) is 0 Å². The van der Waals surface area contributed by atoms with E-state index in [9.17, 15) is 0 Å². The fraction of sp³-hybridized carbons (Fsp3) is 0.429. The molecule has 2 heterocycles. The first kappa shape index (κ1) is 15.2. The Bertz CT molecular complexity index is 507. The number of hydrogen-bond acceptors (Lipinski definition) is 4. The second kappa shape index (κ2) is 7.55. The molecule has 0 aromatic carbocycles. The monoisotopic (exact) mass is 358 g/mol. The van der Waals surface area contributed by atoms with E-state index in [1.165, 1.54) is 19.1 Å². The molecule has 2 rings (SSSR count). The third-order valence-corrected chi connectivity index (χ3v) is 5.39. The van der Waals surface area contributed by atoms with Crippen LogP contribution in [0.3, 0.4) is 0 Å². The van der Waals surface area contributed by atoms with Crippen molar-refractivity contribution < 1.29 is 0 Å². The molecule has 0 radical (unpaired) electrons. The predicted molar refractivity (Wildman–Crippen MR) is 88.9 cm³/mol. The molecule has 2 aromatic heterocycles. The van der Waals surface area contributed by atoms with Crippen LogP contribution in [0, 0.1) is 0 Å². The molecule has 0 saturated carbocycles. The van der Waals surface area contributed by atoms with Gasteiger partial charge in [-0.3, -0.25) is 4.90 Å². The van der Waals surface area contributed by atoms with Crippen LogP contribution in [0.15, 0.2) is 27.4 Å². The van der Waals surface area contributed by atoms with Crippen molar-refractivity contribution in [2.75, 3.05) is 13.6 Å². The van der Waals surface area contributed by atoms with Gasteiger partial charge in [0.25, 0.3) is 0 Å². The molecular weight excluding hydrogens is 340 g/mol. The maximum Gasteiger partial charge on any atom is 0.0701 e. The van der Waals surface area contributed by atoms with Gasteiger partial charge in [-0.1, -0.05) is 6.92 Å². The summed E-state index contributed by atoms with van der Waals surface area (Å²) < 4.78 is 1.21.